The van der Waals surface area contributed by atoms with Crippen LogP contribution in [0.1, 0.15) is 36.4 Å². The van der Waals surface area contributed by atoms with Gasteiger partial charge < -0.3 is 10.2 Å². The van der Waals surface area contributed by atoms with Crippen molar-refractivity contribution in [2.75, 3.05) is 25.5 Å². The Balaban J connectivity index is 2.21. The van der Waals surface area contributed by atoms with Crippen LogP contribution in [0.2, 0.25) is 0 Å². The molecule has 1 aromatic heterocycles. The highest BCUT2D eigenvalue weighted by molar-refractivity contribution is 5.42. The van der Waals surface area contributed by atoms with Crippen molar-refractivity contribution in [1.29, 1.82) is 0 Å². The zero-order valence-electron chi connectivity index (χ0n) is 10.5. The van der Waals surface area contributed by atoms with Gasteiger partial charge in [-0.05, 0) is 43.5 Å². The van der Waals surface area contributed by atoms with Crippen molar-refractivity contribution in [3.05, 3.63) is 23.4 Å². The lowest BCUT2D eigenvalue weighted by molar-refractivity contribution is 0.410. The van der Waals surface area contributed by atoms with Crippen LogP contribution in [0, 0.1) is 6.92 Å². The molecule has 0 amide bonds. The molecule has 0 spiro atoms. The van der Waals surface area contributed by atoms with Gasteiger partial charge >= 0.3 is 0 Å². The van der Waals surface area contributed by atoms with Crippen molar-refractivity contribution >= 4 is 5.82 Å². The van der Waals surface area contributed by atoms with Crippen LogP contribution < -0.4 is 10.2 Å². The van der Waals surface area contributed by atoms with Gasteiger partial charge in [-0.2, -0.15) is 0 Å². The smallest absolute Gasteiger partial charge is 0.128 e. The highest BCUT2D eigenvalue weighted by Gasteiger charge is 2.17. The highest BCUT2D eigenvalue weighted by atomic mass is 15.1. The monoisotopic (exact) mass is 219 g/mol. The van der Waals surface area contributed by atoms with E-state index in [0.29, 0.717) is 6.04 Å². The minimum Gasteiger partial charge on any atom is -0.363 e. The van der Waals surface area contributed by atoms with Gasteiger partial charge in [0, 0.05) is 26.3 Å². The average Bonchev–Trinajstić information content (AvgIpc) is 2.30. The highest BCUT2D eigenvalue weighted by Crippen LogP contribution is 2.26. The first-order valence-electron chi connectivity index (χ1n) is 6.06. The first kappa shape index (κ1) is 11.4. The summed E-state index contributed by atoms with van der Waals surface area (Å²) in [6, 6.07) is 2.68. The Morgan fingerprint density at radius 1 is 1.38 bits per heavy atom. The number of nitrogens with one attached hydrogen (secondary N) is 1. The first-order valence-corrected chi connectivity index (χ1v) is 6.06. The van der Waals surface area contributed by atoms with Crippen LogP contribution in [0.4, 0.5) is 5.82 Å². The summed E-state index contributed by atoms with van der Waals surface area (Å²) in [7, 11) is 4.06. The number of hydrogen-bond acceptors (Lipinski definition) is 3. The maximum absolute atomic E-state index is 4.50. The Bertz CT molecular complexity index is 354. The molecule has 3 heteroatoms. The number of nitrogens with zero attached hydrogens (tertiary/aromatic N) is 2. The third kappa shape index (κ3) is 2.35. The Morgan fingerprint density at radius 3 is 2.75 bits per heavy atom. The maximum atomic E-state index is 4.50. The van der Waals surface area contributed by atoms with E-state index in [1.807, 2.05) is 25.2 Å². The van der Waals surface area contributed by atoms with Crippen molar-refractivity contribution in [3.8, 4) is 0 Å². The molecule has 1 N–H and O–H groups in total. The second kappa shape index (κ2) is 4.83. The molecule has 0 aromatic carbocycles. The van der Waals surface area contributed by atoms with Crippen molar-refractivity contribution < 1.29 is 0 Å². The van der Waals surface area contributed by atoms with E-state index in [0.717, 1.165) is 12.4 Å². The molecule has 0 bridgehead atoms. The number of aromatic nitrogens is 1. The van der Waals surface area contributed by atoms with Crippen LogP contribution in [0.3, 0.4) is 0 Å². The van der Waals surface area contributed by atoms with Gasteiger partial charge in [-0.15, -0.1) is 0 Å². The van der Waals surface area contributed by atoms with Gasteiger partial charge in [-0.3, -0.25) is 0 Å². The molecule has 1 saturated heterocycles. The normalized spacial score (nSPS) is 20.8. The predicted molar refractivity (Wildman–Crippen MR) is 67.9 cm³/mol. The SMILES string of the molecule is Cc1cc(N(C)C)ncc1[C@@H]1CCCCN1. The second-order valence-electron chi connectivity index (χ2n) is 4.80. The fourth-order valence-electron chi connectivity index (χ4n) is 2.28. The Labute approximate surface area is 97.9 Å². The number of anilines is 1. The quantitative estimate of drug-likeness (QED) is 0.827. The van der Waals surface area contributed by atoms with Crippen LogP contribution in [0.25, 0.3) is 0 Å². The summed E-state index contributed by atoms with van der Waals surface area (Å²) >= 11 is 0. The van der Waals surface area contributed by atoms with Gasteiger partial charge in [0.25, 0.3) is 0 Å². The van der Waals surface area contributed by atoms with Gasteiger partial charge in [0.1, 0.15) is 5.82 Å². The zero-order valence-corrected chi connectivity index (χ0v) is 10.5. The third-order valence-corrected chi connectivity index (χ3v) is 3.28. The van der Waals surface area contributed by atoms with E-state index in [9.17, 15) is 0 Å². The molecular weight excluding hydrogens is 198 g/mol. The minimum atomic E-state index is 0.512. The van der Waals surface area contributed by atoms with Crippen molar-refractivity contribution in [2.45, 2.75) is 32.2 Å². The van der Waals surface area contributed by atoms with Gasteiger partial charge in [-0.1, -0.05) is 6.42 Å². The van der Waals surface area contributed by atoms with Crippen LogP contribution in [-0.2, 0) is 0 Å². The van der Waals surface area contributed by atoms with Crippen LogP contribution in [-0.4, -0.2) is 25.6 Å². The molecule has 0 aliphatic carbocycles. The molecule has 1 aliphatic heterocycles. The summed E-state index contributed by atoms with van der Waals surface area (Å²) in [4.78, 5) is 6.55. The average molecular weight is 219 g/mol. The largest absolute Gasteiger partial charge is 0.363 e. The molecule has 0 radical (unpaired) electrons. The van der Waals surface area contributed by atoms with Gasteiger partial charge in [0.2, 0.25) is 0 Å². The summed E-state index contributed by atoms with van der Waals surface area (Å²) in [6.07, 6.45) is 5.91. The standard InChI is InChI=1S/C13H21N3/c1-10-8-13(16(2)3)15-9-11(10)12-6-4-5-7-14-12/h8-9,12,14H,4-7H2,1-3H3/t12-/m0/s1. The van der Waals surface area contributed by atoms with E-state index in [1.54, 1.807) is 0 Å². The topological polar surface area (TPSA) is 28.2 Å². The summed E-state index contributed by atoms with van der Waals surface area (Å²) in [5, 5.41) is 3.57. The molecule has 2 heterocycles. The molecule has 1 atom stereocenters. The minimum absolute atomic E-state index is 0.512. The van der Waals surface area contributed by atoms with E-state index in [-0.39, 0.29) is 0 Å². The number of aryl methyl sites for hydroxylation is 1. The lowest BCUT2D eigenvalue weighted by Crippen LogP contribution is -2.27. The van der Waals surface area contributed by atoms with Crippen molar-refractivity contribution in [2.24, 2.45) is 0 Å². The van der Waals surface area contributed by atoms with E-state index in [4.69, 9.17) is 0 Å². The van der Waals surface area contributed by atoms with E-state index in [1.165, 1.54) is 30.4 Å². The molecule has 1 fully saturated rings. The number of rotatable bonds is 2. The maximum Gasteiger partial charge on any atom is 0.128 e. The van der Waals surface area contributed by atoms with Gasteiger partial charge in [-0.25, -0.2) is 4.98 Å². The third-order valence-electron chi connectivity index (χ3n) is 3.28. The molecule has 1 aliphatic rings. The molecule has 1 aromatic rings. The summed E-state index contributed by atoms with van der Waals surface area (Å²) in [6.45, 7) is 3.32. The predicted octanol–water partition coefficient (Wildman–Crippen LogP) is 2.27. The summed E-state index contributed by atoms with van der Waals surface area (Å²) < 4.78 is 0. The molecule has 0 saturated carbocycles. The lowest BCUT2D eigenvalue weighted by atomic mass is 9.96. The van der Waals surface area contributed by atoms with Crippen molar-refractivity contribution in [3.63, 3.8) is 0 Å². The molecule has 2 rings (SSSR count). The first-order chi connectivity index (χ1) is 7.68. The number of piperidine rings is 1. The number of hydrogen-bond donors (Lipinski definition) is 1. The van der Waals surface area contributed by atoms with E-state index in [2.05, 4.69) is 23.3 Å². The lowest BCUT2D eigenvalue weighted by Gasteiger charge is -2.25. The molecule has 88 valence electrons. The fourth-order valence-corrected chi connectivity index (χ4v) is 2.28. The van der Waals surface area contributed by atoms with Gasteiger partial charge in [0.15, 0.2) is 0 Å². The van der Waals surface area contributed by atoms with E-state index < -0.39 is 0 Å². The van der Waals surface area contributed by atoms with Gasteiger partial charge in [0.05, 0.1) is 0 Å². The Hall–Kier alpha value is -1.09. The molecular formula is C13H21N3. The summed E-state index contributed by atoms with van der Waals surface area (Å²) in [5.41, 5.74) is 2.71. The molecule has 16 heavy (non-hydrogen) atoms. The molecule has 3 nitrogen and oxygen atoms in total. The Kier molecular flexibility index (Phi) is 3.44. The van der Waals surface area contributed by atoms with Crippen molar-refractivity contribution in [1.82, 2.24) is 10.3 Å². The Morgan fingerprint density at radius 2 is 2.19 bits per heavy atom. The molecule has 0 unspecified atom stereocenters. The van der Waals surface area contributed by atoms with Crippen LogP contribution in [0.15, 0.2) is 12.3 Å². The number of pyridine rings is 1. The zero-order chi connectivity index (χ0) is 11.5. The second-order valence-corrected chi connectivity index (χ2v) is 4.80. The van der Waals surface area contributed by atoms with Crippen LogP contribution >= 0.6 is 0 Å². The van der Waals surface area contributed by atoms with Crippen LogP contribution in [0.5, 0.6) is 0 Å². The fraction of sp³-hybridized carbons (Fsp3) is 0.615. The summed E-state index contributed by atoms with van der Waals surface area (Å²) in [5.74, 6) is 1.04. The van der Waals surface area contributed by atoms with E-state index >= 15 is 0 Å².